The van der Waals surface area contributed by atoms with Crippen molar-refractivity contribution in [2.75, 3.05) is 32.1 Å². The molecule has 0 saturated carbocycles. The quantitative estimate of drug-likeness (QED) is 0.843. The van der Waals surface area contributed by atoms with Crippen molar-refractivity contribution in [1.29, 1.82) is 0 Å². The maximum atomic E-state index is 4.66. The monoisotopic (exact) mass is 268 g/mol. The topological polar surface area (TPSA) is 32.3 Å². The van der Waals surface area contributed by atoms with Crippen molar-refractivity contribution in [3.05, 3.63) is 5.82 Å². The highest BCUT2D eigenvalue weighted by molar-refractivity contribution is 7.09. The first-order valence-electron chi connectivity index (χ1n) is 6.74. The first-order chi connectivity index (χ1) is 8.49. The molecule has 5 heteroatoms. The van der Waals surface area contributed by atoms with Crippen LogP contribution in [0.2, 0.25) is 0 Å². The lowest BCUT2D eigenvalue weighted by atomic mass is 9.93. The van der Waals surface area contributed by atoms with Crippen molar-refractivity contribution < 1.29 is 0 Å². The summed E-state index contributed by atoms with van der Waals surface area (Å²) in [5.74, 6) is 2.07. The molecule has 102 valence electrons. The van der Waals surface area contributed by atoms with Gasteiger partial charge < -0.3 is 9.80 Å². The Morgan fingerprint density at radius 2 is 2.17 bits per heavy atom. The van der Waals surface area contributed by atoms with Gasteiger partial charge in [-0.25, -0.2) is 4.98 Å². The van der Waals surface area contributed by atoms with Crippen LogP contribution >= 0.6 is 11.5 Å². The van der Waals surface area contributed by atoms with Crippen LogP contribution in [0.25, 0.3) is 0 Å². The minimum Gasteiger partial charge on any atom is -0.347 e. The number of hydrogen-bond acceptors (Lipinski definition) is 5. The Morgan fingerprint density at radius 1 is 1.44 bits per heavy atom. The second-order valence-electron chi connectivity index (χ2n) is 5.80. The van der Waals surface area contributed by atoms with E-state index in [9.17, 15) is 0 Å². The molecule has 0 N–H and O–H groups in total. The van der Waals surface area contributed by atoms with Crippen LogP contribution in [0.5, 0.6) is 0 Å². The molecule has 0 bridgehead atoms. The van der Waals surface area contributed by atoms with E-state index in [-0.39, 0.29) is 0 Å². The average Bonchev–Trinajstić information content (AvgIpc) is 2.77. The number of likely N-dealkylation sites (tertiary alicyclic amines) is 1. The molecular formula is C13H24N4S. The molecule has 1 aromatic heterocycles. The van der Waals surface area contributed by atoms with Crippen LogP contribution in [-0.4, -0.2) is 47.5 Å². The Kier molecular flexibility index (Phi) is 4.22. The van der Waals surface area contributed by atoms with Gasteiger partial charge in [-0.2, -0.15) is 4.37 Å². The normalized spacial score (nSPS) is 25.7. The van der Waals surface area contributed by atoms with Crippen molar-refractivity contribution in [2.45, 2.75) is 39.2 Å². The number of piperidine rings is 1. The smallest absolute Gasteiger partial charge is 0.205 e. The molecule has 0 aliphatic carbocycles. The third-order valence-corrected chi connectivity index (χ3v) is 4.63. The highest BCUT2D eigenvalue weighted by Gasteiger charge is 2.29. The molecule has 2 rings (SSSR count). The van der Waals surface area contributed by atoms with Gasteiger partial charge >= 0.3 is 0 Å². The number of aromatic nitrogens is 2. The van der Waals surface area contributed by atoms with Gasteiger partial charge in [-0.1, -0.05) is 20.8 Å². The summed E-state index contributed by atoms with van der Waals surface area (Å²) in [5, 5.41) is 1.07. The fraction of sp³-hybridized carbons (Fsp3) is 0.846. The maximum absolute atomic E-state index is 4.66. The lowest BCUT2D eigenvalue weighted by molar-refractivity contribution is 0.194. The van der Waals surface area contributed by atoms with Crippen LogP contribution in [-0.2, 0) is 0 Å². The van der Waals surface area contributed by atoms with E-state index in [1.807, 2.05) is 0 Å². The second kappa shape index (κ2) is 5.53. The summed E-state index contributed by atoms with van der Waals surface area (Å²) in [6, 6.07) is 0.592. The summed E-state index contributed by atoms with van der Waals surface area (Å²) in [6.45, 7) is 8.97. The van der Waals surface area contributed by atoms with E-state index in [0.717, 1.165) is 11.0 Å². The van der Waals surface area contributed by atoms with Crippen molar-refractivity contribution in [3.63, 3.8) is 0 Å². The fourth-order valence-corrected chi connectivity index (χ4v) is 3.49. The first kappa shape index (κ1) is 13.7. The average molecular weight is 268 g/mol. The molecule has 0 amide bonds. The van der Waals surface area contributed by atoms with E-state index in [2.05, 4.69) is 54.0 Å². The van der Waals surface area contributed by atoms with Gasteiger partial charge in [0.1, 0.15) is 5.82 Å². The van der Waals surface area contributed by atoms with Gasteiger partial charge in [-0.05, 0) is 25.9 Å². The summed E-state index contributed by atoms with van der Waals surface area (Å²) in [6.07, 6.45) is 1.21. The predicted octanol–water partition coefficient (Wildman–Crippen LogP) is 2.44. The molecule has 1 aliphatic heterocycles. The van der Waals surface area contributed by atoms with Crippen LogP contribution in [0.15, 0.2) is 0 Å². The third kappa shape index (κ3) is 2.83. The van der Waals surface area contributed by atoms with Crippen molar-refractivity contribution >= 4 is 16.7 Å². The highest BCUT2D eigenvalue weighted by atomic mass is 32.1. The molecule has 1 aliphatic rings. The van der Waals surface area contributed by atoms with Crippen LogP contribution in [0.1, 0.15) is 38.9 Å². The van der Waals surface area contributed by atoms with E-state index in [4.69, 9.17) is 0 Å². The van der Waals surface area contributed by atoms with Gasteiger partial charge in [0.2, 0.25) is 5.13 Å². The lowest BCUT2D eigenvalue weighted by Gasteiger charge is -2.39. The number of anilines is 1. The van der Waals surface area contributed by atoms with E-state index < -0.39 is 0 Å². The van der Waals surface area contributed by atoms with Crippen LogP contribution < -0.4 is 4.90 Å². The van der Waals surface area contributed by atoms with Crippen LogP contribution in [0.4, 0.5) is 5.13 Å². The van der Waals surface area contributed by atoms with Gasteiger partial charge in [0, 0.05) is 37.1 Å². The van der Waals surface area contributed by atoms with Crippen molar-refractivity contribution in [1.82, 2.24) is 14.3 Å². The zero-order valence-corrected chi connectivity index (χ0v) is 12.9. The Hall–Kier alpha value is -0.680. The zero-order chi connectivity index (χ0) is 13.3. The summed E-state index contributed by atoms with van der Waals surface area (Å²) in [5.41, 5.74) is 0. The summed E-state index contributed by atoms with van der Waals surface area (Å²) in [7, 11) is 4.37. The maximum Gasteiger partial charge on any atom is 0.205 e. The minimum atomic E-state index is 0.415. The summed E-state index contributed by atoms with van der Waals surface area (Å²) < 4.78 is 4.45. The van der Waals surface area contributed by atoms with Gasteiger partial charge in [0.15, 0.2) is 0 Å². The Bertz CT molecular complexity index is 390. The Labute approximate surface area is 114 Å². The molecule has 2 heterocycles. The van der Waals surface area contributed by atoms with Gasteiger partial charge in [0.25, 0.3) is 0 Å². The Balaban J connectivity index is 2.07. The van der Waals surface area contributed by atoms with E-state index in [1.165, 1.54) is 31.0 Å². The molecule has 0 aromatic carbocycles. The molecule has 0 spiro atoms. The molecular weight excluding hydrogens is 244 g/mol. The summed E-state index contributed by atoms with van der Waals surface area (Å²) in [4.78, 5) is 9.40. The molecule has 1 aromatic rings. The molecule has 0 radical (unpaired) electrons. The molecule has 2 atom stereocenters. The largest absolute Gasteiger partial charge is 0.347 e. The Morgan fingerprint density at radius 3 is 2.72 bits per heavy atom. The van der Waals surface area contributed by atoms with Gasteiger partial charge in [0.05, 0.1) is 0 Å². The highest BCUT2D eigenvalue weighted by Crippen LogP contribution is 2.27. The standard InChI is InChI=1S/C13H24N4S/c1-9(2)12-14-13(18-15-12)17(5)11-6-7-16(4)8-10(11)3/h9-11H,6-8H2,1-5H3. The number of rotatable bonds is 3. The van der Waals surface area contributed by atoms with Crippen LogP contribution in [0, 0.1) is 5.92 Å². The zero-order valence-electron chi connectivity index (χ0n) is 12.1. The minimum absolute atomic E-state index is 0.415. The van der Waals surface area contributed by atoms with E-state index in [0.29, 0.717) is 17.9 Å². The van der Waals surface area contributed by atoms with Crippen LogP contribution in [0.3, 0.4) is 0 Å². The SMILES string of the molecule is CC(C)c1nsc(N(C)C2CCN(C)CC2C)n1. The number of hydrogen-bond donors (Lipinski definition) is 0. The van der Waals surface area contributed by atoms with Gasteiger partial charge in [-0.3, -0.25) is 0 Å². The van der Waals surface area contributed by atoms with Crippen molar-refractivity contribution in [2.24, 2.45) is 5.92 Å². The molecule has 18 heavy (non-hydrogen) atoms. The fourth-order valence-electron chi connectivity index (χ4n) is 2.66. The number of nitrogens with zero attached hydrogens (tertiary/aromatic N) is 4. The van der Waals surface area contributed by atoms with E-state index >= 15 is 0 Å². The van der Waals surface area contributed by atoms with E-state index in [1.54, 1.807) is 0 Å². The second-order valence-corrected chi connectivity index (χ2v) is 6.53. The van der Waals surface area contributed by atoms with Gasteiger partial charge in [-0.15, -0.1) is 0 Å². The first-order valence-corrected chi connectivity index (χ1v) is 7.51. The molecule has 1 saturated heterocycles. The molecule has 4 nitrogen and oxygen atoms in total. The van der Waals surface area contributed by atoms with Crippen molar-refractivity contribution in [3.8, 4) is 0 Å². The molecule has 1 fully saturated rings. The summed E-state index contributed by atoms with van der Waals surface area (Å²) >= 11 is 1.53. The molecule has 2 unspecified atom stereocenters. The lowest BCUT2D eigenvalue weighted by Crippen LogP contribution is -2.47. The third-order valence-electron chi connectivity index (χ3n) is 3.81. The predicted molar refractivity (Wildman–Crippen MR) is 77.5 cm³/mol.